The van der Waals surface area contributed by atoms with Gasteiger partial charge in [0.1, 0.15) is 5.15 Å². The van der Waals surface area contributed by atoms with Gasteiger partial charge in [0.15, 0.2) is 0 Å². The molecule has 15 heavy (non-hydrogen) atoms. The number of aryl methyl sites for hydroxylation is 2. The van der Waals surface area contributed by atoms with Crippen molar-refractivity contribution >= 4 is 11.6 Å². The van der Waals surface area contributed by atoms with Crippen molar-refractivity contribution in [1.82, 2.24) is 9.78 Å². The summed E-state index contributed by atoms with van der Waals surface area (Å²) in [4.78, 5) is 0. The molecule has 86 valence electrons. The van der Waals surface area contributed by atoms with Crippen LogP contribution in [-0.2, 0) is 13.5 Å². The zero-order valence-corrected chi connectivity index (χ0v) is 10.5. The Morgan fingerprint density at radius 3 is 2.53 bits per heavy atom. The summed E-state index contributed by atoms with van der Waals surface area (Å²) in [6.07, 6.45) is 1.30. The smallest absolute Gasteiger partial charge is 0.130 e. The fourth-order valence-electron chi connectivity index (χ4n) is 1.77. The molecule has 0 aliphatic carbocycles. The van der Waals surface area contributed by atoms with Gasteiger partial charge in [-0.1, -0.05) is 25.4 Å². The maximum absolute atomic E-state index is 9.71. The number of halogens is 1. The van der Waals surface area contributed by atoms with E-state index in [-0.39, 0.29) is 12.0 Å². The van der Waals surface area contributed by atoms with Crippen molar-refractivity contribution < 1.29 is 5.11 Å². The minimum atomic E-state index is -0.263. The van der Waals surface area contributed by atoms with Crippen molar-refractivity contribution in [3.05, 3.63) is 16.4 Å². The summed E-state index contributed by atoms with van der Waals surface area (Å²) in [6, 6.07) is 0. The number of aliphatic hydroxyl groups excluding tert-OH is 1. The first-order valence-corrected chi connectivity index (χ1v) is 5.71. The number of aliphatic hydroxyl groups is 1. The van der Waals surface area contributed by atoms with E-state index in [0.29, 0.717) is 5.15 Å². The maximum atomic E-state index is 9.71. The molecule has 0 bridgehead atoms. The van der Waals surface area contributed by atoms with Crippen molar-refractivity contribution in [2.75, 3.05) is 0 Å². The van der Waals surface area contributed by atoms with E-state index in [0.717, 1.165) is 24.1 Å². The van der Waals surface area contributed by atoms with Crippen LogP contribution in [0.2, 0.25) is 5.15 Å². The molecule has 1 aromatic rings. The van der Waals surface area contributed by atoms with E-state index >= 15 is 0 Å². The number of hydrogen-bond acceptors (Lipinski definition) is 2. The lowest BCUT2D eigenvalue weighted by Crippen LogP contribution is -2.18. The highest BCUT2D eigenvalue weighted by Crippen LogP contribution is 2.23. The Kier molecular flexibility index (Phi) is 4.17. The Hall–Kier alpha value is -0.540. The zero-order chi connectivity index (χ0) is 11.6. The topological polar surface area (TPSA) is 38.1 Å². The van der Waals surface area contributed by atoms with E-state index < -0.39 is 0 Å². The van der Waals surface area contributed by atoms with Crippen molar-refractivity contribution in [3.8, 4) is 0 Å². The molecule has 0 fully saturated rings. The molecule has 4 heteroatoms. The summed E-state index contributed by atoms with van der Waals surface area (Å²) >= 11 is 6.12. The van der Waals surface area contributed by atoms with Gasteiger partial charge in [-0.2, -0.15) is 5.10 Å². The summed E-state index contributed by atoms with van der Waals surface area (Å²) < 4.78 is 1.68. The van der Waals surface area contributed by atoms with E-state index in [1.165, 1.54) is 0 Å². The predicted octanol–water partition coefficient (Wildman–Crippen LogP) is 2.33. The zero-order valence-electron chi connectivity index (χ0n) is 9.79. The van der Waals surface area contributed by atoms with Crippen molar-refractivity contribution in [1.29, 1.82) is 0 Å². The molecule has 2 unspecified atom stereocenters. The third kappa shape index (κ3) is 2.73. The molecule has 0 aliphatic rings. The molecular weight excluding hydrogens is 212 g/mol. The molecule has 0 aliphatic heterocycles. The molecular formula is C11H19ClN2O. The number of aromatic nitrogens is 2. The van der Waals surface area contributed by atoms with Gasteiger partial charge in [-0.05, 0) is 25.7 Å². The van der Waals surface area contributed by atoms with Gasteiger partial charge in [0.2, 0.25) is 0 Å². The van der Waals surface area contributed by atoms with Gasteiger partial charge in [-0.3, -0.25) is 4.68 Å². The fraction of sp³-hybridized carbons (Fsp3) is 0.727. The maximum Gasteiger partial charge on any atom is 0.130 e. The lowest BCUT2D eigenvalue weighted by Gasteiger charge is -2.16. The average Bonchev–Trinajstić information content (AvgIpc) is 2.43. The van der Waals surface area contributed by atoms with Crippen molar-refractivity contribution in [2.45, 2.75) is 39.7 Å². The number of hydrogen-bond donors (Lipinski definition) is 1. The van der Waals surface area contributed by atoms with Gasteiger partial charge in [-0.25, -0.2) is 0 Å². The second-order valence-electron chi connectivity index (χ2n) is 4.14. The molecule has 0 saturated carbocycles. The average molecular weight is 231 g/mol. The largest absolute Gasteiger partial charge is 0.393 e. The van der Waals surface area contributed by atoms with E-state index in [2.05, 4.69) is 5.10 Å². The van der Waals surface area contributed by atoms with E-state index in [4.69, 9.17) is 11.6 Å². The molecule has 0 radical (unpaired) electrons. The summed E-state index contributed by atoms with van der Waals surface area (Å²) in [6.45, 7) is 5.97. The molecule has 1 rings (SSSR count). The predicted molar refractivity (Wildman–Crippen MR) is 62.1 cm³/mol. The summed E-state index contributed by atoms with van der Waals surface area (Å²) in [5.41, 5.74) is 2.01. The van der Waals surface area contributed by atoms with Gasteiger partial charge in [-0.15, -0.1) is 0 Å². The lowest BCUT2D eigenvalue weighted by atomic mass is 9.95. The molecule has 2 atom stereocenters. The molecule has 1 N–H and O–H groups in total. The van der Waals surface area contributed by atoms with Crippen LogP contribution < -0.4 is 0 Å². The van der Waals surface area contributed by atoms with Gasteiger partial charge in [0, 0.05) is 12.6 Å². The number of nitrogens with zero attached hydrogens (tertiary/aromatic N) is 2. The molecule has 0 amide bonds. The Bertz CT molecular complexity index is 336. The van der Waals surface area contributed by atoms with E-state index in [9.17, 15) is 5.11 Å². The lowest BCUT2D eigenvalue weighted by molar-refractivity contribution is 0.112. The monoisotopic (exact) mass is 230 g/mol. The molecule has 0 aromatic carbocycles. The quantitative estimate of drug-likeness (QED) is 0.862. The van der Waals surface area contributed by atoms with Crippen LogP contribution in [0.5, 0.6) is 0 Å². The minimum absolute atomic E-state index is 0.218. The highest BCUT2D eigenvalue weighted by molar-refractivity contribution is 6.30. The SMILES string of the molecule is CCC(O)C(C)Cc1c(C)nn(C)c1Cl. The van der Waals surface area contributed by atoms with Crippen molar-refractivity contribution in [3.63, 3.8) is 0 Å². The van der Waals surface area contributed by atoms with Crippen molar-refractivity contribution in [2.24, 2.45) is 13.0 Å². The fourth-order valence-corrected chi connectivity index (χ4v) is 2.02. The molecule has 1 heterocycles. The minimum Gasteiger partial charge on any atom is -0.393 e. The van der Waals surface area contributed by atoms with Crippen LogP contribution in [0.1, 0.15) is 31.5 Å². The van der Waals surface area contributed by atoms with Gasteiger partial charge < -0.3 is 5.11 Å². The standard InChI is InChI=1S/C11H19ClN2O/c1-5-10(15)7(2)6-9-8(3)13-14(4)11(9)12/h7,10,15H,5-6H2,1-4H3. The first-order chi connectivity index (χ1) is 6.97. The van der Waals surface area contributed by atoms with Gasteiger partial charge in [0.05, 0.1) is 11.8 Å². The molecule has 0 saturated heterocycles. The highest BCUT2D eigenvalue weighted by atomic mass is 35.5. The van der Waals surface area contributed by atoms with E-state index in [1.54, 1.807) is 4.68 Å². The van der Waals surface area contributed by atoms with Gasteiger partial charge >= 0.3 is 0 Å². The summed E-state index contributed by atoms with van der Waals surface area (Å²) in [7, 11) is 1.83. The summed E-state index contributed by atoms with van der Waals surface area (Å²) in [5, 5.41) is 14.6. The van der Waals surface area contributed by atoms with Gasteiger partial charge in [0.25, 0.3) is 0 Å². The van der Waals surface area contributed by atoms with Crippen LogP contribution in [0.25, 0.3) is 0 Å². The number of rotatable bonds is 4. The second kappa shape index (κ2) is 4.99. The second-order valence-corrected chi connectivity index (χ2v) is 4.49. The highest BCUT2D eigenvalue weighted by Gasteiger charge is 2.18. The van der Waals surface area contributed by atoms with Crippen LogP contribution in [0, 0.1) is 12.8 Å². The normalized spacial score (nSPS) is 15.3. The van der Waals surface area contributed by atoms with Crippen LogP contribution in [0.15, 0.2) is 0 Å². The Morgan fingerprint density at radius 1 is 1.53 bits per heavy atom. The molecule has 3 nitrogen and oxygen atoms in total. The third-order valence-electron chi connectivity index (χ3n) is 2.87. The third-order valence-corrected chi connectivity index (χ3v) is 3.34. The molecule has 1 aromatic heterocycles. The van der Waals surface area contributed by atoms with Crippen LogP contribution >= 0.6 is 11.6 Å². The van der Waals surface area contributed by atoms with Crippen LogP contribution in [-0.4, -0.2) is 21.0 Å². The van der Waals surface area contributed by atoms with Crippen LogP contribution in [0.3, 0.4) is 0 Å². The molecule has 0 spiro atoms. The Morgan fingerprint density at radius 2 is 2.13 bits per heavy atom. The van der Waals surface area contributed by atoms with E-state index in [1.807, 2.05) is 27.8 Å². The Labute approximate surface area is 96.1 Å². The first-order valence-electron chi connectivity index (χ1n) is 5.33. The van der Waals surface area contributed by atoms with Crippen LogP contribution in [0.4, 0.5) is 0 Å². The summed E-state index contributed by atoms with van der Waals surface area (Å²) in [5.74, 6) is 0.218. The Balaban J connectivity index is 2.80. The first kappa shape index (κ1) is 12.5.